The number of nitrogens with one attached hydrogen (secondary N) is 2. The first-order valence-electron chi connectivity index (χ1n) is 10.4. The number of amides is 1. The van der Waals surface area contributed by atoms with E-state index in [1.165, 1.54) is 22.7 Å². The molecule has 0 unspecified atom stereocenters. The number of carbonyl (C=O) groups excluding carboxylic acids is 1. The van der Waals surface area contributed by atoms with E-state index < -0.39 is 10.0 Å². The van der Waals surface area contributed by atoms with Crippen LogP contribution in [0.3, 0.4) is 0 Å². The minimum absolute atomic E-state index is 0.189. The fourth-order valence-corrected chi connectivity index (χ4v) is 5.55. The summed E-state index contributed by atoms with van der Waals surface area (Å²) in [5.74, 6) is 0.00225. The maximum Gasteiger partial charge on any atom is 0.255 e. The van der Waals surface area contributed by atoms with Crippen LogP contribution in [0.25, 0.3) is 22.4 Å². The van der Waals surface area contributed by atoms with Crippen molar-refractivity contribution in [1.82, 2.24) is 9.97 Å². The first kappa shape index (κ1) is 21.1. The van der Waals surface area contributed by atoms with Gasteiger partial charge < -0.3 is 10.3 Å². The van der Waals surface area contributed by atoms with Crippen LogP contribution in [0.1, 0.15) is 22.8 Å². The Labute approximate surface area is 190 Å². The molecule has 0 bridgehead atoms. The molecule has 2 N–H and O–H groups in total. The Balaban J connectivity index is 1.38. The molecule has 1 atom stereocenters. The van der Waals surface area contributed by atoms with E-state index >= 15 is 0 Å². The summed E-state index contributed by atoms with van der Waals surface area (Å²) in [5, 5.41) is 2.88. The Morgan fingerprint density at radius 1 is 1.12 bits per heavy atom. The number of aromatic nitrogens is 2. The van der Waals surface area contributed by atoms with Crippen molar-refractivity contribution in [2.75, 3.05) is 15.9 Å². The Bertz CT molecular complexity index is 1500. The molecule has 4 aromatic rings. The van der Waals surface area contributed by atoms with Gasteiger partial charge >= 0.3 is 0 Å². The normalized spacial score (nSPS) is 15.6. The molecule has 1 aliphatic heterocycles. The second-order valence-corrected chi connectivity index (χ2v) is 10.1. The summed E-state index contributed by atoms with van der Waals surface area (Å²) in [5.41, 5.74) is 4.70. The fourth-order valence-electron chi connectivity index (χ4n) is 4.28. The number of sulfonamides is 1. The van der Waals surface area contributed by atoms with Crippen LogP contribution in [-0.2, 0) is 16.4 Å². The van der Waals surface area contributed by atoms with Gasteiger partial charge in [0.05, 0.1) is 23.0 Å². The summed E-state index contributed by atoms with van der Waals surface area (Å²) in [4.78, 5) is 20.6. The van der Waals surface area contributed by atoms with E-state index in [9.17, 15) is 17.6 Å². The minimum atomic E-state index is -3.38. The van der Waals surface area contributed by atoms with Gasteiger partial charge in [0.1, 0.15) is 11.6 Å². The SMILES string of the molecule is C[C@H]1Cc2cc(C(=O)Nc3ccc4nc(-c5ccc(F)cc5)[nH]c4c3)ccc2N1S(C)(=O)=O. The number of benzene rings is 3. The number of aromatic amines is 1. The van der Waals surface area contributed by atoms with Crippen LogP contribution >= 0.6 is 0 Å². The van der Waals surface area contributed by atoms with Gasteiger partial charge in [0.15, 0.2) is 0 Å². The number of halogens is 1. The van der Waals surface area contributed by atoms with Crippen molar-refractivity contribution in [3.05, 3.63) is 77.6 Å². The van der Waals surface area contributed by atoms with Crippen molar-refractivity contribution in [2.24, 2.45) is 0 Å². The first-order valence-corrected chi connectivity index (χ1v) is 12.2. The Kier molecular flexibility index (Phi) is 4.93. The van der Waals surface area contributed by atoms with Crippen LogP contribution in [0.15, 0.2) is 60.7 Å². The van der Waals surface area contributed by atoms with Crippen molar-refractivity contribution in [1.29, 1.82) is 0 Å². The molecule has 0 radical (unpaired) electrons. The van der Waals surface area contributed by atoms with E-state index in [4.69, 9.17) is 0 Å². The Morgan fingerprint density at radius 3 is 2.61 bits per heavy atom. The molecule has 1 aromatic heterocycles. The number of carbonyl (C=O) groups is 1. The lowest BCUT2D eigenvalue weighted by Gasteiger charge is -2.21. The Morgan fingerprint density at radius 2 is 1.88 bits per heavy atom. The molecule has 2 heterocycles. The summed E-state index contributed by atoms with van der Waals surface area (Å²) in [6.07, 6.45) is 1.74. The lowest BCUT2D eigenvalue weighted by Crippen LogP contribution is -2.34. The maximum atomic E-state index is 13.2. The van der Waals surface area contributed by atoms with E-state index in [1.807, 2.05) is 6.92 Å². The smallest absolute Gasteiger partial charge is 0.255 e. The van der Waals surface area contributed by atoms with Gasteiger partial charge in [-0.1, -0.05) is 0 Å². The molecular weight excluding hydrogens is 443 g/mol. The van der Waals surface area contributed by atoms with Crippen molar-refractivity contribution in [2.45, 2.75) is 19.4 Å². The van der Waals surface area contributed by atoms with Crippen LogP contribution in [0.5, 0.6) is 0 Å². The lowest BCUT2D eigenvalue weighted by molar-refractivity contribution is 0.102. The van der Waals surface area contributed by atoms with Gasteiger partial charge in [-0.3, -0.25) is 9.10 Å². The third-order valence-electron chi connectivity index (χ3n) is 5.71. The summed E-state index contributed by atoms with van der Waals surface area (Å²) in [6, 6.07) is 16.3. The van der Waals surface area contributed by atoms with Gasteiger partial charge in [-0.05, 0) is 79.6 Å². The molecule has 33 heavy (non-hydrogen) atoms. The minimum Gasteiger partial charge on any atom is -0.338 e. The van der Waals surface area contributed by atoms with Crippen LogP contribution in [0.4, 0.5) is 15.8 Å². The summed E-state index contributed by atoms with van der Waals surface area (Å²) < 4.78 is 38.8. The van der Waals surface area contributed by atoms with Crippen molar-refractivity contribution < 1.29 is 17.6 Å². The summed E-state index contributed by atoms with van der Waals surface area (Å²) >= 11 is 0. The van der Waals surface area contributed by atoms with Gasteiger partial charge in [-0.15, -0.1) is 0 Å². The highest BCUT2D eigenvalue weighted by molar-refractivity contribution is 7.92. The molecule has 9 heteroatoms. The molecule has 0 spiro atoms. The number of hydrogen-bond acceptors (Lipinski definition) is 4. The molecule has 1 aliphatic rings. The zero-order chi connectivity index (χ0) is 23.3. The predicted octanol–water partition coefficient (Wildman–Crippen LogP) is 4.33. The number of H-pyrrole nitrogens is 1. The highest BCUT2D eigenvalue weighted by Gasteiger charge is 2.32. The number of rotatable bonds is 4. The van der Waals surface area contributed by atoms with E-state index in [0.29, 0.717) is 29.2 Å². The van der Waals surface area contributed by atoms with Crippen LogP contribution < -0.4 is 9.62 Å². The average Bonchev–Trinajstić information content (AvgIpc) is 3.33. The number of anilines is 2. The first-order chi connectivity index (χ1) is 15.7. The third-order valence-corrected chi connectivity index (χ3v) is 6.98. The van der Waals surface area contributed by atoms with Gasteiger partial charge in [0, 0.05) is 22.9 Å². The number of nitrogens with zero attached hydrogens (tertiary/aromatic N) is 2. The molecular formula is C24H21FN4O3S. The molecule has 168 valence electrons. The van der Waals surface area contributed by atoms with Gasteiger partial charge in [0.2, 0.25) is 10.0 Å². The molecule has 3 aromatic carbocycles. The van der Waals surface area contributed by atoms with Gasteiger partial charge in [-0.25, -0.2) is 17.8 Å². The molecule has 1 amide bonds. The van der Waals surface area contributed by atoms with E-state index in [0.717, 1.165) is 22.2 Å². The van der Waals surface area contributed by atoms with Crippen molar-refractivity contribution in [3.8, 4) is 11.4 Å². The maximum absolute atomic E-state index is 13.2. The summed E-state index contributed by atoms with van der Waals surface area (Å²) in [7, 11) is -3.38. The number of hydrogen-bond donors (Lipinski definition) is 2. The largest absolute Gasteiger partial charge is 0.338 e. The van der Waals surface area contributed by atoms with Crippen LogP contribution in [0, 0.1) is 5.82 Å². The molecule has 0 aliphatic carbocycles. The lowest BCUT2D eigenvalue weighted by atomic mass is 10.1. The highest BCUT2D eigenvalue weighted by Crippen LogP contribution is 2.35. The van der Waals surface area contributed by atoms with Gasteiger partial charge in [-0.2, -0.15) is 0 Å². The Hall–Kier alpha value is -3.72. The van der Waals surface area contributed by atoms with E-state index in [2.05, 4.69) is 15.3 Å². The molecule has 7 nitrogen and oxygen atoms in total. The predicted molar refractivity (Wildman–Crippen MR) is 126 cm³/mol. The summed E-state index contributed by atoms with van der Waals surface area (Å²) in [6.45, 7) is 1.85. The number of fused-ring (bicyclic) bond motifs is 2. The topological polar surface area (TPSA) is 95.2 Å². The molecule has 5 rings (SSSR count). The zero-order valence-electron chi connectivity index (χ0n) is 18.0. The van der Waals surface area contributed by atoms with E-state index in [1.54, 1.807) is 48.5 Å². The fraction of sp³-hybridized carbons (Fsp3) is 0.167. The molecule has 0 saturated carbocycles. The molecule has 0 saturated heterocycles. The van der Waals surface area contributed by atoms with Crippen molar-refractivity contribution in [3.63, 3.8) is 0 Å². The zero-order valence-corrected chi connectivity index (χ0v) is 18.8. The van der Waals surface area contributed by atoms with E-state index in [-0.39, 0.29) is 17.8 Å². The third kappa shape index (κ3) is 3.95. The monoisotopic (exact) mass is 464 g/mol. The number of imidazole rings is 1. The quantitative estimate of drug-likeness (QED) is 0.470. The van der Waals surface area contributed by atoms with Gasteiger partial charge in [0.25, 0.3) is 5.91 Å². The van der Waals surface area contributed by atoms with Crippen LogP contribution in [-0.4, -0.2) is 36.6 Å². The second-order valence-electron chi connectivity index (χ2n) is 8.23. The highest BCUT2D eigenvalue weighted by atomic mass is 32.2. The van der Waals surface area contributed by atoms with Crippen LogP contribution in [0.2, 0.25) is 0 Å². The van der Waals surface area contributed by atoms with Crippen molar-refractivity contribution >= 4 is 38.3 Å². The average molecular weight is 465 g/mol. The molecule has 0 fully saturated rings. The second kappa shape index (κ2) is 7.70. The standard InChI is InChI=1S/C24H21FN4O3S/c1-14-11-17-12-16(5-10-22(17)29(14)33(2,31)32)24(30)26-19-8-9-20-21(13-19)28-23(27-20)15-3-6-18(25)7-4-15/h3-10,12-14H,11H2,1-2H3,(H,26,30)(H,27,28)/t14-/m0/s1.